The molecule has 2 saturated heterocycles. The van der Waals surface area contributed by atoms with Gasteiger partial charge in [-0.3, -0.25) is 4.79 Å². The predicted molar refractivity (Wildman–Crippen MR) is 120 cm³/mol. The number of benzene rings is 1. The molecule has 8 heteroatoms. The van der Waals surface area contributed by atoms with E-state index in [2.05, 4.69) is 10.3 Å². The van der Waals surface area contributed by atoms with Gasteiger partial charge in [-0.15, -0.1) is 0 Å². The molecular weight excluding hydrogens is 402 g/mol. The normalized spacial score (nSPS) is 21.1. The van der Waals surface area contributed by atoms with Crippen molar-refractivity contribution in [1.29, 1.82) is 0 Å². The van der Waals surface area contributed by atoms with Crippen LogP contribution in [0.4, 0.5) is 0 Å². The molecule has 30 heavy (non-hydrogen) atoms. The fourth-order valence-corrected chi connectivity index (χ4v) is 4.27. The highest BCUT2D eigenvalue weighted by molar-refractivity contribution is 7.80. The second-order valence-corrected chi connectivity index (χ2v) is 8.30. The largest absolute Gasteiger partial charge is 0.497 e. The van der Waals surface area contributed by atoms with Gasteiger partial charge in [0, 0.05) is 37.9 Å². The first kappa shape index (κ1) is 21.1. The average Bonchev–Trinajstić information content (AvgIpc) is 3.45. The average molecular weight is 432 g/mol. The van der Waals surface area contributed by atoms with Crippen LogP contribution in [-0.2, 0) is 16.0 Å². The monoisotopic (exact) mass is 431 g/mol. The number of nitrogens with zero attached hydrogens (tertiary/aromatic N) is 1. The third kappa shape index (κ3) is 5.11. The van der Waals surface area contributed by atoms with E-state index >= 15 is 0 Å². The summed E-state index contributed by atoms with van der Waals surface area (Å²) in [6, 6.07) is 7.60. The molecule has 1 aromatic carbocycles. The Kier molecular flexibility index (Phi) is 6.86. The van der Waals surface area contributed by atoms with Gasteiger partial charge in [0.1, 0.15) is 5.75 Å². The van der Waals surface area contributed by atoms with E-state index in [0.29, 0.717) is 36.1 Å². The maximum absolute atomic E-state index is 12.8. The third-order valence-corrected chi connectivity index (χ3v) is 6.13. The molecule has 4 rings (SSSR count). The van der Waals surface area contributed by atoms with Crippen molar-refractivity contribution in [3.8, 4) is 5.75 Å². The van der Waals surface area contributed by atoms with E-state index in [0.717, 1.165) is 49.8 Å². The summed E-state index contributed by atoms with van der Waals surface area (Å²) >= 11 is 5.69. The number of H-pyrrole nitrogens is 1. The number of methoxy groups -OCH3 is 1. The van der Waals surface area contributed by atoms with Gasteiger partial charge in [-0.05, 0) is 61.5 Å². The number of pyridine rings is 1. The number of thiocarbonyl (C=S) groups is 1. The zero-order valence-corrected chi connectivity index (χ0v) is 18.1. The summed E-state index contributed by atoms with van der Waals surface area (Å²) in [4.78, 5) is 17.8. The lowest BCUT2D eigenvalue weighted by molar-refractivity contribution is 0.0885. The third-order valence-electron chi connectivity index (χ3n) is 5.73. The van der Waals surface area contributed by atoms with Crippen LogP contribution in [0.5, 0.6) is 5.75 Å². The highest BCUT2D eigenvalue weighted by atomic mass is 32.1. The maximum atomic E-state index is 12.8. The molecule has 0 amide bonds. The van der Waals surface area contributed by atoms with Crippen LogP contribution < -0.4 is 15.6 Å². The minimum atomic E-state index is -0.116. The molecule has 2 aliphatic heterocycles. The molecule has 7 nitrogen and oxygen atoms in total. The van der Waals surface area contributed by atoms with E-state index < -0.39 is 0 Å². The smallest absolute Gasteiger partial charge is 0.253 e. The highest BCUT2D eigenvalue weighted by Crippen LogP contribution is 2.20. The van der Waals surface area contributed by atoms with E-state index in [1.807, 2.05) is 29.2 Å². The van der Waals surface area contributed by atoms with Crippen molar-refractivity contribution in [2.45, 2.75) is 44.4 Å². The molecule has 0 unspecified atom stereocenters. The Morgan fingerprint density at radius 1 is 1.23 bits per heavy atom. The van der Waals surface area contributed by atoms with Crippen LogP contribution >= 0.6 is 12.2 Å². The Balaban J connectivity index is 1.51. The number of rotatable bonds is 7. The molecule has 2 aliphatic rings. The lowest BCUT2D eigenvalue weighted by Crippen LogP contribution is -2.45. The van der Waals surface area contributed by atoms with Crippen LogP contribution in [0.3, 0.4) is 0 Å². The number of ether oxygens (including phenoxy) is 3. The topological polar surface area (TPSA) is 75.8 Å². The van der Waals surface area contributed by atoms with Gasteiger partial charge in [0.2, 0.25) is 0 Å². The van der Waals surface area contributed by atoms with Crippen LogP contribution in [0.2, 0.25) is 0 Å². The quantitative estimate of drug-likeness (QED) is 0.653. The summed E-state index contributed by atoms with van der Waals surface area (Å²) in [5, 5.41) is 4.93. The van der Waals surface area contributed by atoms with Crippen molar-refractivity contribution in [3.63, 3.8) is 0 Å². The first-order valence-electron chi connectivity index (χ1n) is 10.6. The molecule has 2 atom stereocenters. The van der Waals surface area contributed by atoms with E-state index in [1.165, 1.54) is 0 Å². The Hall–Kier alpha value is -2.16. The van der Waals surface area contributed by atoms with Gasteiger partial charge in [-0.25, -0.2) is 0 Å². The predicted octanol–water partition coefficient (Wildman–Crippen LogP) is 2.57. The number of aromatic amines is 1. The van der Waals surface area contributed by atoms with Gasteiger partial charge < -0.3 is 29.4 Å². The second kappa shape index (κ2) is 9.76. The first-order valence-corrected chi connectivity index (χ1v) is 11.0. The van der Waals surface area contributed by atoms with Gasteiger partial charge in [0.25, 0.3) is 5.56 Å². The number of aromatic nitrogens is 1. The summed E-state index contributed by atoms with van der Waals surface area (Å²) in [5.74, 6) is 0.713. The molecule has 162 valence electrons. The summed E-state index contributed by atoms with van der Waals surface area (Å²) in [6.45, 7) is 3.38. The van der Waals surface area contributed by atoms with Crippen LogP contribution in [-0.4, -0.2) is 60.6 Å². The van der Waals surface area contributed by atoms with E-state index in [1.54, 1.807) is 7.11 Å². The summed E-state index contributed by atoms with van der Waals surface area (Å²) in [7, 11) is 1.61. The fourth-order valence-electron chi connectivity index (χ4n) is 4.05. The molecule has 0 radical (unpaired) electrons. The Bertz CT molecular complexity index is 936. The van der Waals surface area contributed by atoms with Gasteiger partial charge in [0.05, 0.1) is 31.4 Å². The fraction of sp³-hybridized carbons (Fsp3) is 0.545. The molecule has 0 spiro atoms. The van der Waals surface area contributed by atoms with Crippen molar-refractivity contribution in [2.24, 2.45) is 0 Å². The zero-order valence-electron chi connectivity index (χ0n) is 17.3. The van der Waals surface area contributed by atoms with Crippen molar-refractivity contribution in [3.05, 3.63) is 40.2 Å². The minimum absolute atomic E-state index is 0.116. The Morgan fingerprint density at radius 3 is 2.70 bits per heavy atom. The Morgan fingerprint density at radius 2 is 2.00 bits per heavy atom. The zero-order chi connectivity index (χ0) is 20.9. The second-order valence-electron chi connectivity index (χ2n) is 7.91. The SMILES string of the molecule is COc1ccc2cc(CN(C[C@H]3CCCO3)C(=S)NC[C@@H]3CCCO3)c(=O)[nH]c2c1. The van der Waals surface area contributed by atoms with Crippen LogP contribution in [0.1, 0.15) is 31.2 Å². The Labute approximate surface area is 181 Å². The van der Waals surface area contributed by atoms with Crippen LogP contribution in [0.15, 0.2) is 29.1 Å². The molecule has 2 N–H and O–H groups in total. The first-order chi connectivity index (χ1) is 14.6. The lowest BCUT2D eigenvalue weighted by atomic mass is 10.1. The number of nitrogens with one attached hydrogen (secondary N) is 2. The van der Waals surface area contributed by atoms with Crippen LogP contribution in [0.25, 0.3) is 10.9 Å². The standard InChI is InChI=1S/C22H29N3O4S/c1-27-17-7-6-15-10-16(21(26)24-20(15)11-17)13-25(14-19-5-3-9-29-19)22(30)23-12-18-4-2-8-28-18/h6-7,10-11,18-19H,2-5,8-9,12-14H2,1H3,(H,23,30)(H,24,26)/t18-,19+/m0/s1. The summed E-state index contributed by atoms with van der Waals surface area (Å²) in [5.41, 5.74) is 1.31. The van der Waals surface area contributed by atoms with E-state index in [4.69, 9.17) is 26.4 Å². The molecule has 2 fully saturated rings. The number of fused-ring (bicyclic) bond motifs is 1. The molecule has 1 aromatic heterocycles. The molecule has 0 aliphatic carbocycles. The number of hydrogen-bond donors (Lipinski definition) is 2. The van der Waals surface area contributed by atoms with Crippen molar-refractivity contribution in [2.75, 3.05) is 33.4 Å². The highest BCUT2D eigenvalue weighted by Gasteiger charge is 2.23. The maximum Gasteiger partial charge on any atom is 0.253 e. The summed E-state index contributed by atoms with van der Waals surface area (Å²) in [6.07, 6.45) is 4.56. The van der Waals surface area contributed by atoms with Crippen molar-refractivity contribution < 1.29 is 14.2 Å². The molecule has 2 aromatic rings. The molecule has 3 heterocycles. The summed E-state index contributed by atoms with van der Waals surface area (Å²) < 4.78 is 16.8. The van der Waals surface area contributed by atoms with Crippen molar-refractivity contribution in [1.82, 2.24) is 15.2 Å². The minimum Gasteiger partial charge on any atom is -0.497 e. The van der Waals surface area contributed by atoms with Crippen molar-refractivity contribution >= 4 is 28.2 Å². The molecule has 0 bridgehead atoms. The van der Waals surface area contributed by atoms with E-state index in [-0.39, 0.29) is 17.8 Å². The van der Waals surface area contributed by atoms with Crippen LogP contribution in [0, 0.1) is 0 Å². The molecular formula is C22H29N3O4S. The van der Waals surface area contributed by atoms with Gasteiger partial charge in [-0.1, -0.05) is 0 Å². The number of hydrogen-bond acceptors (Lipinski definition) is 5. The van der Waals surface area contributed by atoms with Gasteiger partial charge in [-0.2, -0.15) is 0 Å². The van der Waals surface area contributed by atoms with Gasteiger partial charge in [0.15, 0.2) is 5.11 Å². The van der Waals surface area contributed by atoms with E-state index in [9.17, 15) is 4.79 Å². The van der Waals surface area contributed by atoms with Gasteiger partial charge >= 0.3 is 0 Å². The lowest BCUT2D eigenvalue weighted by Gasteiger charge is -2.28. The molecule has 0 saturated carbocycles.